The van der Waals surface area contributed by atoms with Gasteiger partial charge in [-0.25, -0.2) is 0 Å². The minimum Gasteiger partial charge on any atom is -0.495 e. The van der Waals surface area contributed by atoms with Crippen LogP contribution in [-0.2, 0) is 0 Å². The van der Waals surface area contributed by atoms with Crippen molar-refractivity contribution >= 4 is 50.7 Å². The number of carbonyl (C=O) groups is 1. The van der Waals surface area contributed by atoms with Crippen LogP contribution in [0.2, 0.25) is 10.0 Å². The maximum atomic E-state index is 12.2. The van der Waals surface area contributed by atoms with E-state index in [4.69, 9.17) is 27.9 Å². The molecule has 0 aliphatic heterocycles. The first kappa shape index (κ1) is 15.2. The Bertz CT molecular complexity index is 662. The molecule has 2 aromatic carbocycles. The highest BCUT2D eigenvalue weighted by Crippen LogP contribution is 2.29. The fourth-order valence-corrected chi connectivity index (χ4v) is 2.28. The number of amides is 1. The normalized spacial score (nSPS) is 10.2. The van der Waals surface area contributed by atoms with Gasteiger partial charge >= 0.3 is 0 Å². The van der Waals surface area contributed by atoms with Gasteiger partial charge in [0.05, 0.1) is 17.8 Å². The third-order valence-corrected chi connectivity index (χ3v) is 4.04. The van der Waals surface area contributed by atoms with Crippen molar-refractivity contribution in [2.24, 2.45) is 0 Å². The summed E-state index contributed by atoms with van der Waals surface area (Å²) in [6.07, 6.45) is 0. The number of methoxy groups -OCH3 is 1. The molecule has 0 bridgehead atoms. The van der Waals surface area contributed by atoms with Crippen molar-refractivity contribution in [2.75, 3.05) is 12.4 Å². The van der Waals surface area contributed by atoms with Crippen molar-refractivity contribution in [1.29, 1.82) is 0 Å². The number of ether oxygens (including phenoxy) is 1. The van der Waals surface area contributed by atoms with Crippen LogP contribution >= 0.6 is 39.1 Å². The average Bonchev–Trinajstić information content (AvgIpc) is 2.42. The number of carbonyl (C=O) groups excluding carboxylic acids is 1. The van der Waals surface area contributed by atoms with E-state index in [0.29, 0.717) is 31.5 Å². The molecular weight excluding hydrogens is 365 g/mol. The van der Waals surface area contributed by atoms with E-state index >= 15 is 0 Å². The summed E-state index contributed by atoms with van der Waals surface area (Å²) in [5.41, 5.74) is 0.986. The Balaban J connectivity index is 2.27. The summed E-state index contributed by atoms with van der Waals surface area (Å²) in [5.74, 6) is 0.263. The first-order valence-corrected chi connectivity index (χ1v) is 7.16. The molecular formula is C14H10BrCl2NO2. The van der Waals surface area contributed by atoms with Crippen LogP contribution in [0, 0.1) is 0 Å². The van der Waals surface area contributed by atoms with Crippen LogP contribution < -0.4 is 10.1 Å². The maximum absolute atomic E-state index is 12.2. The molecule has 0 radical (unpaired) electrons. The maximum Gasteiger partial charge on any atom is 0.255 e. The molecule has 0 saturated carbocycles. The molecule has 0 fully saturated rings. The van der Waals surface area contributed by atoms with Crippen LogP contribution in [-0.4, -0.2) is 13.0 Å². The van der Waals surface area contributed by atoms with Gasteiger partial charge in [-0.2, -0.15) is 0 Å². The number of hydrogen-bond acceptors (Lipinski definition) is 2. The van der Waals surface area contributed by atoms with Gasteiger partial charge in [-0.15, -0.1) is 0 Å². The molecule has 1 amide bonds. The number of nitrogens with one attached hydrogen (secondary N) is 1. The molecule has 104 valence electrons. The SMILES string of the molecule is COc1ccc(Cl)cc1NC(=O)c1ccc(Cl)c(Br)c1. The Hall–Kier alpha value is -1.23. The van der Waals surface area contributed by atoms with Crippen LogP contribution in [0.3, 0.4) is 0 Å². The fourth-order valence-electron chi connectivity index (χ4n) is 1.61. The van der Waals surface area contributed by atoms with Crippen molar-refractivity contribution in [1.82, 2.24) is 0 Å². The molecule has 2 rings (SSSR count). The molecule has 0 aliphatic rings. The molecule has 0 aliphatic carbocycles. The standard InChI is InChI=1S/C14H10BrCl2NO2/c1-20-13-5-3-9(16)7-12(13)18-14(19)8-2-4-11(17)10(15)6-8/h2-7H,1H3,(H,18,19). The average molecular weight is 375 g/mol. The number of anilines is 1. The summed E-state index contributed by atoms with van der Waals surface area (Å²) < 4.78 is 5.83. The first-order valence-electron chi connectivity index (χ1n) is 5.61. The zero-order valence-corrected chi connectivity index (χ0v) is 13.5. The van der Waals surface area contributed by atoms with Gasteiger partial charge in [-0.05, 0) is 52.3 Å². The van der Waals surface area contributed by atoms with Crippen LogP contribution in [0.25, 0.3) is 0 Å². The highest BCUT2D eigenvalue weighted by molar-refractivity contribution is 9.10. The molecule has 0 aromatic heterocycles. The third-order valence-electron chi connectivity index (χ3n) is 2.59. The molecule has 0 saturated heterocycles. The van der Waals surface area contributed by atoms with E-state index in [9.17, 15) is 4.79 Å². The number of rotatable bonds is 3. The van der Waals surface area contributed by atoms with Crippen LogP contribution in [0.1, 0.15) is 10.4 Å². The molecule has 3 nitrogen and oxygen atoms in total. The lowest BCUT2D eigenvalue weighted by Gasteiger charge is -2.11. The quantitative estimate of drug-likeness (QED) is 0.819. The van der Waals surface area contributed by atoms with Crippen molar-refractivity contribution in [3.63, 3.8) is 0 Å². The zero-order chi connectivity index (χ0) is 14.7. The van der Waals surface area contributed by atoms with Gasteiger partial charge < -0.3 is 10.1 Å². The van der Waals surface area contributed by atoms with Gasteiger partial charge in [-0.3, -0.25) is 4.79 Å². The molecule has 0 atom stereocenters. The predicted molar refractivity (Wildman–Crippen MR) is 85.1 cm³/mol. The minimum atomic E-state index is -0.275. The highest BCUT2D eigenvalue weighted by atomic mass is 79.9. The lowest BCUT2D eigenvalue weighted by atomic mass is 10.2. The smallest absolute Gasteiger partial charge is 0.255 e. The first-order chi connectivity index (χ1) is 9.51. The molecule has 20 heavy (non-hydrogen) atoms. The Labute approximate surface area is 135 Å². The Morgan fingerprint density at radius 1 is 1.20 bits per heavy atom. The van der Waals surface area contributed by atoms with E-state index in [1.807, 2.05) is 0 Å². The van der Waals surface area contributed by atoms with Crippen LogP contribution in [0.15, 0.2) is 40.9 Å². The van der Waals surface area contributed by atoms with E-state index in [2.05, 4.69) is 21.2 Å². The zero-order valence-electron chi connectivity index (χ0n) is 10.4. The van der Waals surface area contributed by atoms with Gasteiger partial charge in [0, 0.05) is 15.1 Å². The van der Waals surface area contributed by atoms with Crippen molar-refractivity contribution < 1.29 is 9.53 Å². The van der Waals surface area contributed by atoms with E-state index < -0.39 is 0 Å². The van der Waals surface area contributed by atoms with Gasteiger partial charge in [0.2, 0.25) is 0 Å². The topological polar surface area (TPSA) is 38.3 Å². The molecule has 2 aromatic rings. The molecule has 0 heterocycles. The van der Waals surface area contributed by atoms with E-state index in [1.165, 1.54) is 7.11 Å². The van der Waals surface area contributed by atoms with Gasteiger partial charge in [0.1, 0.15) is 5.75 Å². The summed E-state index contributed by atoms with van der Waals surface area (Å²) in [5, 5.41) is 3.81. The summed E-state index contributed by atoms with van der Waals surface area (Å²) in [6.45, 7) is 0. The second-order valence-corrected chi connectivity index (χ2v) is 5.63. The summed E-state index contributed by atoms with van der Waals surface area (Å²) >= 11 is 15.1. The molecule has 0 spiro atoms. The monoisotopic (exact) mass is 373 g/mol. The molecule has 6 heteroatoms. The Morgan fingerprint density at radius 2 is 1.95 bits per heavy atom. The molecule has 1 N–H and O–H groups in total. The second kappa shape index (κ2) is 6.48. The van der Waals surface area contributed by atoms with E-state index in [-0.39, 0.29) is 5.91 Å². The minimum absolute atomic E-state index is 0.275. The molecule has 0 unspecified atom stereocenters. The number of benzene rings is 2. The largest absolute Gasteiger partial charge is 0.495 e. The Morgan fingerprint density at radius 3 is 2.60 bits per heavy atom. The van der Waals surface area contributed by atoms with Crippen molar-refractivity contribution in [3.8, 4) is 5.75 Å². The summed E-state index contributed by atoms with van der Waals surface area (Å²) in [7, 11) is 1.53. The highest BCUT2D eigenvalue weighted by Gasteiger charge is 2.11. The van der Waals surface area contributed by atoms with Crippen LogP contribution in [0.5, 0.6) is 5.75 Å². The van der Waals surface area contributed by atoms with Crippen LogP contribution in [0.4, 0.5) is 5.69 Å². The van der Waals surface area contributed by atoms with Gasteiger partial charge in [-0.1, -0.05) is 23.2 Å². The fraction of sp³-hybridized carbons (Fsp3) is 0.0714. The van der Waals surface area contributed by atoms with Crippen molar-refractivity contribution in [2.45, 2.75) is 0 Å². The lowest BCUT2D eigenvalue weighted by Crippen LogP contribution is -2.12. The summed E-state index contributed by atoms with van der Waals surface area (Å²) in [6, 6.07) is 9.94. The van der Waals surface area contributed by atoms with E-state index in [1.54, 1.807) is 36.4 Å². The van der Waals surface area contributed by atoms with E-state index in [0.717, 1.165) is 0 Å². The second-order valence-electron chi connectivity index (χ2n) is 3.93. The predicted octanol–water partition coefficient (Wildman–Crippen LogP) is 5.02. The number of halogens is 3. The van der Waals surface area contributed by atoms with Gasteiger partial charge in [0.15, 0.2) is 0 Å². The summed E-state index contributed by atoms with van der Waals surface area (Å²) in [4.78, 5) is 12.2. The lowest BCUT2D eigenvalue weighted by molar-refractivity contribution is 0.102. The van der Waals surface area contributed by atoms with Gasteiger partial charge in [0.25, 0.3) is 5.91 Å². The third kappa shape index (κ3) is 3.45. The Kier molecular flexibility index (Phi) is 4.91. The number of hydrogen-bond donors (Lipinski definition) is 1. The van der Waals surface area contributed by atoms with Crippen molar-refractivity contribution in [3.05, 3.63) is 56.5 Å².